The molecule has 29 heavy (non-hydrogen) atoms. The Morgan fingerprint density at radius 3 is 2.41 bits per heavy atom. The quantitative estimate of drug-likeness (QED) is 0.426. The number of nitrogens with zero attached hydrogens (tertiary/aromatic N) is 1. The Morgan fingerprint density at radius 2 is 1.72 bits per heavy atom. The number of fused-ring (bicyclic) bond motifs is 1. The highest BCUT2D eigenvalue weighted by atomic mass is 35.5. The van der Waals surface area contributed by atoms with Crippen LogP contribution in [-0.4, -0.2) is 36.8 Å². The zero-order valence-corrected chi connectivity index (χ0v) is 16.5. The van der Waals surface area contributed by atoms with Crippen molar-refractivity contribution in [1.29, 1.82) is 0 Å². The molecule has 150 valence electrons. The second-order valence-corrected chi connectivity index (χ2v) is 6.90. The summed E-state index contributed by atoms with van der Waals surface area (Å²) in [5.41, 5.74) is 0.767. The minimum absolute atomic E-state index is 0.0872. The first-order valence-corrected chi connectivity index (χ1v) is 9.52. The number of amides is 3. The van der Waals surface area contributed by atoms with Gasteiger partial charge in [-0.25, -0.2) is 9.69 Å². The van der Waals surface area contributed by atoms with Gasteiger partial charge in [-0.3, -0.25) is 14.4 Å². The first kappa shape index (κ1) is 20.5. The van der Waals surface area contributed by atoms with E-state index in [0.29, 0.717) is 17.3 Å². The molecule has 1 aliphatic heterocycles. The van der Waals surface area contributed by atoms with E-state index in [1.54, 1.807) is 24.3 Å². The maximum atomic E-state index is 12.7. The molecule has 8 heteroatoms. The maximum Gasteiger partial charge on any atom is 0.338 e. The molecule has 1 aliphatic rings. The van der Waals surface area contributed by atoms with Crippen molar-refractivity contribution in [2.45, 2.75) is 19.8 Å². The Labute approximate surface area is 172 Å². The molecule has 0 fully saturated rings. The minimum Gasteiger partial charge on any atom is -0.452 e. The molecule has 0 saturated carbocycles. The lowest BCUT2D eigenvalue weighted by Gasteiger charge is -2.13. The summed E-state index contributed by atoms with van der Waals surface area (Å²) in [6, 6.07) is 10.4. The number of esters is 1. The zero-order chi connectivity index (χ0) is 21.0. The fourth-order valence-corrected chi connectivity index (χ4v) is 2.99. The molecule has 7 nitrogen and oxygen atoms in total. The van der Waals surface area contributed by atoms with Crippen molar-refractivity contribution < 1.29 is 23.9 Å². The van der Waals surface area contributed by atoms with Crippen molar-refractivity contribution >= 4 is 41.0 Å². The predicted octanol–water partition coefficient (Wildman–Crippen LogP) is 3.21. The Balaban J connectivity index is 1.71. The van der Waals surface area contributed by atoms with Crippen molar-refractivity contribution in [1.82, 2.24) is 5.32 Å². The summed E-state index contributed by atoms with van der Waals surface area (Å²) in [6.45, 7) is 2.10. The Morgan fingerprint density at radius 1 is 1.03 bits per heavy atom. The van der Waals surface area contributed by atoms with E-state index in [0.717, 1.165) is 17.7 Å². The zero-order valence-electron chi connectivity index (χ0n) is 15.7. The standard InChI is InChI=1S/C21H19ClN2O5/c1-2-3-10-23-18(25)12-29-21(28)13-4-9-16-17(11-13)20(27)24(19(16)26)15-7-5-14(22)6-8-15/h4-9,11H,2-3,10,12H2,1H3,(H,23,25). The number of carbonyl (C=O) groups excluding carboxylic acids is 4. The van der Waals surface area contributed by atoms with Crippen LogP contribution in [0.15, 0.2) is 42.5 Å². The van der Waals surface area contributed by atoms with Gasteiger partial charge in [-0.2, -0.15) is 0 Å². The van der Waals surface area contributed by atoms with E-state index in [9.17, 15) is 19.2 Å². The number of benzene rings is 2. The molecular weight excluding hydrogens is 396 g/mol. The highest BCUT2D eigenvalue weighted by Gasteiger charge is 2.37. The topological polar surface area (TPSA) is 92.8 Å². The Bertz CT molecular complexity index is 972. The van der Waals surface area contributed by atoms with Gasteiger partial charge in [0, 0.05) is 11.6 Å². The van der Waals surface area contributed by atoms with E-state index in [1.165, 1.54) is 18.2 Å². The van der Waals surface area contributed by atoms with Gasteiger partial charge < -0.3 is 10.1 Å². The lowest BCUT2D eigenvalue weighted by Crippen LogP contribution is -2.29. The average molecular weight is 415 g/mol. The van der Waals surface area contributed by atoms with E-state index < -0.39 is 30.3 Å². The van der Waals surface area contributed by atoms with Crippen LogP contribution in [0.25, 0.3) is 0 Å². The number of ether oxygens (including phenoxy) is 1. The van der Waals surface area contributed by atoms with Gasteiger partial charge in [0.2, 0.25) is 0 Å². The second kappa shape index (κ2) is 8.87. The van der Waals surface area contributed by atoms with Gasteiger partial charge in [-0.05, 0) is 48.9 Å². The largest absolute Gasteiger partial charge is 0.452 e. The number of anilines is 1. The molecule has 3 amide bonds. The lowest BCUT2D eigenvalue weighted by atomic mass is 10.1. The molecule has 0 aliphatic carbocycles. The Hall–Kier alpha value is -3.19. The van der Waals surface area contributed by atoms with Crippen LogP contribution in [0.1, 0.15) is 50.8 Å². The molecule has 2 aromatic rings. The van der Waals surface area contributed by atoms with Crippen LogP contribution >= 0.6 is 11.6 Å². The molecule has 0 radical (unpaired) electrons. The van der Waals surface area contributed by atoms with Gasteiger partial charge in [-0.15, -0.1) is 0 Å². The summed E-state index contributed by atoms with van der Waals surface area (Å²) in [5, 5.41) is 3.12. The molecule has 0 bridgehead atoms. The summed E-state index contributed by atoms with van der Waals surface area (Å²) in [5.74, 6) is -2.17. The van der Waals surface area contributed by atoms with E-state index in [2.05, 4.69) is 5.32 Å². The monoisotopic (exact) mass is 414 g/mol. The number of hydrogen-bond donors (Lipinski definition) is 1. The van der Waals surface area contributed by atoms with Crippen molar-refractivity contribution in [2.75, 3.05) is 18.1 Å². The number of imide groups is 1. The molecule has 0 spiro atoms. The lowest BCUT2D eigenvalue weighted by molar-refractivity contribution is -0.124. The van der Waals surface area contributed by atoms with E-state index in [-0.39, 0.29) is 16.7 Å². The Kier molecular flexibility index (Phi) is 6.29. The summed E-state index contributed by atoms with van der Waals surface area (Å²) in [6.07, 6.45) is 1.78. The third-order valence-corrected chi connectivity index (χ3v) is 4.65. The van der Waals surface area contributed by atoms with Crippen LogP contribution in [0.2, 0.25) is 5.02 Å². The third-order valence-electron chi connectivity index (χ3n) is 4.39. The predicted molar refractivity (Wildman–Crippen MR) is 107 cm³/mol. The van der Waals surface area contributed by atoms with Crippen LogP contribution in [-0.2, 0) is 9.53 Å². The highest BCUT2D eigenvalue weighted by Crippen LogP contribution is 2.30. The molecular formula is C21H19ClN2O5. The summed E-state index contributed by atoms with van der Waals surface area (Å²) in [4.78, 5) is 50.3. The fourth-order valence-electron chi connectivity index (χ4n) is 2.86. The van der Waals surface area contributed by atoms with Crippen LogP contribution in [0, 0.1) is 0 Å². The molecule has 2 aromatic carbocycles. The van der Waals surface area contributed by atoms with Gasteiger partial charge in [-0.1, -0.05) is 24.9 Å². The number of halogens is 1. The van der Waals surface area contributed by atoms with Crippen LogP contribution in [0.5, 0.6) is 0 Å². The van der Waals surface area contributed by atoms with Crippen molar-refractivity contribution in [3.63, 3.8) is 0 Å². The van der Waals surface area contributed by atoms with Crippen molar-refractivity contribution in [3.05, 3.63) is 64.2 Å². The highest BCUT2D eigenvalue weighted by molar-refractivity contribution is 6.35. The molecule has 0 saturated heterocycles. The number of unbranched alkanes of at least 4 members (excludes halogenated alkanes) is 1. The van der Waals surface area contributed by atoms with E-state index >= 15 is 0 Å². The van der Waals surface area contributed by atoms with Gasteiger partial charge >= 0.3 is 5.97 Å². The number of rotatable bonds is 7. The van der Waals surface area contributed by atoms with Gasteiger partial charge in [0.25, 0.3) is 17.7 Å². The van der Waals surface area contributed by atoms with E-state index in [4.69, 9.17) is 16.3 Å². The first-order valence-electron chi connectivity index (χ1n) is 9.14. The van der Waals surface area contributed by atoms with Crippen LogP contribution in [0.4, 0.5) is 5.69 Å². The number of hydrogen-bond acceptors (Lipinski definition) is 5. The van der Waals surface area contributed by atoms with Crippen molar-refractivity contribution in [3.8, 4) is 0 Å². The fraction of sp³-hybridized carbons (Fsp3) is 0.238. The molecule has 0 aromatic heterocycles. The van der Waals surface area contributed by atoms with Crippen molar-refractivity contribution in [2.24, 2.45) is 0 Å². The normalized spacial score (nSPS) is 12.7. The number of nitrogens with one attached hydrogen (secondary N) is 1. The van der Waals surface area contributed by atoms with E-state index in [1.807, 2.05) is 6.92 Å². The van der Waals surface area contributed by atoms with Crippen LogP contribution in [0.3, 0.4) is 0 Å². The van der Waals surface area contributed by atoms with Gasteiger partial charge in [0.05, 0.1) is 22.4 Å². The SMILES string of the molecule is CCCCNC(=O)COC(=O)c1ccc2c(c1)C(=O)N(c1ccc(Cl)cc1)C2=O. The third kappa shape index (κ3) is 4.46. The summed E-state index contributed by atoms with van der Waals surface area (Å²) >= 11 is 5.86. The molecule has 1 heterocycles. The van der Waals surface area contributed by atoms with Crippen LogP contribution < -0.4 is 10.2 Å². The second-order valence-electron chi connectivity index (χ2n) is 6.46. The maximum absolute atomic E-state index is 12.7. The average Bonchev–Trinajstić information content (AvgIpc) is 2.97. The van der Waals surface area contributed by atoms with Gasteiger partial charge in [0.1, 0.15) is 0 Å². The molecule has 1 N–H and O–H groups in total. The molecule has 0 atom stereocenters. The van der Waals surface area contributed by atoms with Gasteiger partial charge in [0.15, 0.2) is 6.61 Å². The summed E-state index contributed by atoms with van der Waals surface area (Å²) in [7, 11) is 0. The number of carbonyl (C=O) groups is 4. The smallest absolute Gasteiger partial charge is 0.338 e. The minimum atomic E-state index is -0.747. The molecule has 3 rings (SSSR count). The first-order chi connectivity index (χ1) is 13.9. The molecule has 0 unspecified atom stereocenters. The summed E-state index contributed by atoms with van der Waals surface area (Å²) < 4.78 is 4.99.